The van der Waals surface area contributed by atoms with E-state index in [2.05, 4.69) is 108 Å². The topological polar surface area (TPSA) is 216 Å². The third-order valence-corrected chi connectivity index (χ3v) is 39.1. The van der Waals surface area contributed by atoms with Crippen molar-refractivity contribution in [2.45, 2.75) is 224 Å². The summed E-state index contributed by atoms with van der Waals surface area (Å²) in [4.78, 5) is 76.8. The maximum atomic E-state index is 15.5. The largest absolute Gasteiger partial charge is 0.478 e. The molecule has 10 aliphatic carbocycles. The molecule has 2 aromatic rings. The molecule has 616 valence electrons. The predicted molar refractivity (Wildman–Crippen MR) is 444 cm³/mol. The number of carboxylic acids is 2. The van der Waals surface area contributed by atoms with Crippen molar-refractivity contribution in [2.75, 3.05) is 95.1 Å². The molecule has 0 radical (unpaired) electrons. The van der Waals surface area contributed by atoms with Crippen LogP contribution in [0.5, 0.6) is 0 Å². The molecule has 0 aromatic heterocycles. The lowest BCUT2D eigenvalue weighted by atomic mass is 9.32. The van der Waals surface area contributed by atoms with Gasteiger partial charge in [-0.25, -0.2) is 26.4 Å². The molecule has 16 nitrogen and oxygen atoms in total. The van der Waals surface area contributed by atoms with Gasteiger partial charge in [0, 0.05) is 65.7 Å². The van der Waals surface area contributed by atoms with Gasteiger partial charge in [-0.3, -0.25) is 14.4 Å². The highest BCUT2D eigenvalue weighted by Crippen LogP contribution is 2.80. The van der Waals surface area contributed by atoms with E-state index in [1.165, 1.54) is 16.7 Å². The second-order valence-electron chi connectivity index (χ2n) is 41.4. The van der Waals surface area contributed by atoms with E-state index in [9.17, 15) is 46.2 Å². The highest BCUT2D eigenvalue weighted by molar-refractivity contribution is 7.91. The van der Waals surface area contributed by atoms with Crippen molar-refractivity contribution < 1.29 is 55.8 Å². The maximum Gasteiger partial charge on any atom is 0.335 e. The number of esters is 1. The number of rotatable bonds is 23. The zero-order chi connectivity index (χ0) is 80.5. The van der Waals surface area contributed by atoms with Crippen LogP contribution in [-0.4, -0.2) is 171 Å². The summed E-state index contributed by atoms with van der Waals surface area (Å²) in [5.74, 6) is 1.99. The van der Waals surface area contributed by atoms with Gasteiger partial charge in [0.25, 0.3) is 0 Å². The first kappa shape index (κ1) is 83.1. The number of ether oxygens (including phenoxy) is 1. The smallest absolute Gasteiger partial charge is 0.335 e. The minimum atomic E-state index is -3.08. The number of allylic oxidation sites excluding steroid dienone is 5. The first-order chi connectivity index (χ1) is 52.6. The summed E-state index contributed by atoms with van der Waals surface area (Å²) in [5.41, 5.74) is 7.28. The number of amides is 2. The van der Waals surface area contributed by atoms with Gasteiger partial charge < -0.3 is 34.5 Å². The molecule has 2 heterocycles. The Morgan fingerprint density at radius 1 is 0.491 bits per heavy atom. The predicted octanol–water partition coefficient (Wildman–Crippen LogP) is 17.3. The number of fused-ring (bicyclic) bond motifs is 14. The molecule has 0 bridgehead atoms. The quantitative estimate of drug-likeness (QED) is 0.0782. The van der Waals surface area contributed by atoms with Crippen LogP contribution in [0.1, 0.15) is 256 Å². The Labute approximate surface area is 671 Å². The molecule has 8 saturated carbocycles. The molecule has 2 aliphatic heterocycles. The van der Waals surface area contributed by atoms with Crippen molar-refractivity contribution in [3.8, 4) is 0 Å². The number of carboxylic acid groups (broad SMARTS) is 2. The normalized spacial score (nSPS) is 38.7. The maximum absolute atomic E-state index is 15.5. The average Bonchev–Trinajstić information content (AvgIpc) is 1.06. The van der Waals surface area contributed by atoms with Gasteiger partial charge in [0.1, 0.15) is 6.61 Å². The fourth-order valence-corrected chi connectivity index (χ4v) is 32.4. The SMILES string of the molecule is C=C(C)C1CCC2(CN(CCCN3CCS(=O)(=O)CC3)C(=O)CCC(=O)OCC(=C)C3CCC4(CN(CCCN5CCS(=O)(=O)CC5)C(C)=O)CCC5(C)C(CCC6C7(C)CC=C(c8ccc(C(=O)O)cc8)C(C)(C)C7CCC65C)C34)CCC3(C)C(CCC4C5(C)CC=C(c6ccc(C(=O)O)cc6)C(C)(C)C5CCC43C)C12. The molecule has 2 amide bonds. The van der Waals surface area contributed by atoms with E-state index in [-0.39, 0.29) is 120 Å². The van der Waals surface area contributed by atoms with Crippen LogP contribution < -0.4 is 0 Å². The van der Waals surface area contributed by atoms with Crippen LogP contribution in [0, 0.1) is 113 Å². The fourth-order valence-electron chi connectivity index (χ4n) is 29.8. The van der Waals surface area contributed by atoms with Crippen LogP contribution in [-0.2, 0) is 38.8 Å². The van der Waals surface area contributed by atoms with Gasteiger partial charge in [0.05, 0.1) is 40.6 Å². The van der Waals surface area contributed by atoms with Crippen LogP contribution in [0.2, 0.25) is 0 Å². The van der Waals surface area contributed by atoms with E-state index in [0.717, 1.165) is 145 Å². The number of aromatic carboxylic acids is 2. The minimum absolute atomic E-state index is 0.0113. The van der Waals surface area contributed by atoms with Crippen LogP contribution >= 0.6 is 0 Å². The Hall–Kier alpha value is -5.43. The molecule has 112 heavy (non-hydrogen) atoms. The van der Waals surface area contributed by atoms with E-state index in [4.69, 9.17) is 17.9 Å². The number of carbonyl (C=O) groups is 5. The van der Waals surface area contributed by atoms with Gasteiger partial charge in [0.2, 0.25) is 11.8 Å². The van der Waals surface area contributed by atoms with Crippen LogP contribution in [0.25, 0.3) is 11.1 Å². The third-order valence-electron chi connectivity index (χ3n) is 35.9. The summed E-state index contributed by atoms with van der Waals surface area (Å²) >= 11 is 0. The first-order valence-corrected chi connectivity index (χ1v) is 47.2. The number of hydrogen-bond acceptors (Lipinski definition) is 12. The summed E-state index contributed by atoms with van der Waals surface area (Å²) in [6.45, 7) is 45.0. The lowest BCUT2D eigenvalue weighted by molar-refractivity contribution is -0.227. The number of carbonyl (C=O) groups excluding carboxylic acids is 3. The molecule has 18 atom stereocenters. The summed E-state index contributed by atoms with van der Waals surface area (Å²) < 4.78 is 56.5. The second-order valence-corrected chi connectivity index (χ2v) is 46.0. The zero-order valence-corrected chi connectivity index (χ0v) is 71.8. The molecule has 2 saturated heterocycles. The van der Waals surface area contributed by atoms with Crippen LogP contribution in [0.3, 0.4) is 0 Å². The van der Waals surface area contributed by atoms with Crippen molar-refractivity contribution in [1.29, 1.82) is 0 Å². The van der Waals surface area contributed by atoms with Gasteiger partial charge in [-0.15, -0.1) is 0 Å². The molecule has 10 fully saturated rings. The van der Waals surface area contributed by atoms with Gasteiger partial charge in [-0.05, 0) is 314 Å². The summed E-state index contributed by atoms with van der Waals surface area (Å²) in [5, 5.41) is 19.5. The Bertz CT molecular complexity index is 4290. The highest BCUT2D eigenvalue weighted by atomic mass is 32.2. The van der Waals surface area contributed by atoms with Crippen molar-refractivity contribution >= 4 is 60.5 Å². The molecular weight excluding hydrogens is 1440 g/mol. The molecule has 0 spiro atoms. The van der Waals surface area contributed by atoms with Crippen molar-refractivity contribution in [2.24, 2.45) is 113 Å². The van der Waals surface area contributed by atoms with Crippen molar-refractivity contribution in [3.63, 3.8) is 0 Å². The number of benzene rings is 2. The second kappa shape index (κ2) is 30.2. The lowest BCUT2D eigenvalue weighted by Gasteiger charge is -2.72. The Balaban J connectivity index is 0.689. The number of nitrogens with zero attached hydrogens (tertiary/aromatic N) is 4. The molecule has 2 N–H and O–H groups in total. The molecule has 14 rings (SSSR count). The number of sulfone groups is 2. The van der Waals surface area contributed by atoms with Gasteiger partial charge in [0.15, 0.2) is 19.7 Å². The Morgan fingerprint density at radius 3 is 1.32 bits per heavy atom. The van der Waals surface area contributed by atoms with E-state index < -0.39 is 37.6 Å². The lowest BCUT2D eigenvalue weighted by Crippen LogP contribution is -2.66. The zero-order valence-electron chi connectivity index (χ0n) is 70.2. The van der Waals surface area contributed by atoms with Gasteiger partial charge >= 0.3 is 17.9 Å². The summed E-state index contributed by atoms with van der Waals surface area (Å²) in [6.07, 6.45) is 25.4. The number of hydrogen-bond donors (Lipinski definition) is 2. The standard InChI is InChI=1S/C94H136N4O12S2/c1-62(2)69-31-41-94(46-44-89(11)73(81(69)94)25-27-77-87(9)37-33-71(65-17-21-67(22-18-65)83(102)103)85(5,6)75(87)35-39-91(77,89)13)61-98(50-16-48-96-53-57-112(108,109)58-54-96)79(100)29-30-80(101)110-59-63(3)70-32-42-93(60-97(64(4)99)49-15-47-95-51-55-111(106,107)56-52-95)45-43-90(12)74(82(70)93)26-28-78-88(10)38-34-72(66-19-23-68(24-20-66)84(104)105)86(7,8)76(88)36-40-92(78,90)14/h17-24,33-34,69-70,73-78,81-82H,1,3,15-16,25-32,35-61H2,2,4-14H3,(H,102,103)(H,104,105). The monoisotopic (exact) mass is 1580 g/mol. The van der Waals surface area contributed by atoms with Crippen LogP contribution in [0.15, 0.2) is 85.0 Å². The summed E-state index contributed by atoms with van der Waals surface area (Å²) in [7, 11) is -6.10. The van der Waals surface area contributed by atoms with E-state index in [0.29, 0.717) is 124 Å². The van der Waals surface area contributed by atoms with Gasteiger partial charge in [-0.2, -0.15) is 0 Å². The van der Waals surface area contributed by atoms with Gasteiger partial charge in [-0.1, -0.05) is 124 Å². The molecule has 18 heteroatoms. The molecule has 2 aromatic carbocycles. The van der Waals surface area contributed by atoms with E-state index in [1.807, 2.05) is 24.3 Å². The first-order valence-electron chi connectivity index (χ1n) is 43.6. The van der Waals surface area contributed by atoms with Crippen molar-refractivity contribution in [3.05, 3.63) is 107 Å². The van der Waals surface area contributed by atoms with E-state index >= 15 is 4.79 Å². The molecule has 12 aliphatic rings. The Kier molecular flexibility index (Phi) is 22.4. The highest BCUT2D eigenvalue weighted by Gasteiger charge is 2.73. The fraction of sp³-hybridized carbons (Fsp3) is 0.734. The summed E-state index contributed by atoms with van der Waals surface area (Å²) in [6, 6.07) is 15.0. The minimum Gasteiger partial charge on any atom is -0.478 e. The molecule has 18 unspecified atom stereocenters. The van der Waals surface area contributed by atoms with Crippen molar-refractivity contribution in [1.82, 2.24) is 19.6 Å². The third kappa shape index (κ3) is 14.2. The average molecular weight is 1580 g/mol. The Morgan fingerprint density at radius 2 is 0.902 bits per heavy atom. The molecular formula is C94H136N4O12S2. The van der Waals surface area contributed by atoms with E-state index in [1.54, 1.807) is 31.2 Å². The van der Waals surface area contributed by atoms with Crippen LogP contribution in [0.4, 0.5) is 0 Å².